The van der Waals surface area contributed by atoms with Gasteiger partial charge in [-0.1, -0.05) is 36.4 Å². The van der Waals surface area contributed by atoms with Crippen molar-refractivity contribution in [2.24, 2.45) is 5.92 Å². The Balaban J connectivity index is 1.15. The molecule has 3 heterocycles. The third-order valence-electron chi connectivity index (χ3n) is 6.40. The van der Waals surface area contributed by atoms with E-state index in [9.17, 15) is 0 Å². The zero-order chi connectivity index (χ0) is 18.8. The molecule has 1 N–H and O–H groups in total. The Kier molecular flexibility index (Phi) is 4.88. The zero-order valence-corrected chi connectivity index (χ0v) is 16.3. The van der Waals surface area contributed by atoms with Gasteiger partial charge < -0.3 is 4.90 Å². The summed E-state index contributed by atoms with van der Waals surface area (Å²) in [7, 11) is 0. The molecule has 0 unspecified atom stereocenters. The van der Waals surface area contributed by atoms with Crippen LogP contribution >= 0.6 is 0 Å². The number of H-pyrrole nitrogens is 1. The SMILES string of the molecule is c1ccc2c(c1)CCN(CC1CCN(c3ccc(-c4cn[nH]c4)cc3)CC1)C2. The summed E-state index contributed by atoms with van der Waals surface area (Å²) in [6.45, 7) is 5.93. The van der Waals surface area contributed by atoms with Gasteiger partial charge in [-0.2, -0.15) is 5.10 Å². The molecule has 144 valence electrons. The van der Waals surface area contributed by atoms with Gasteiger partial charge in [-0.15, -0.1) is 0 Å². The number of fused-ring (bicyclic) bond motifs is 1. The first-order valence-electron chi connectivity index (χ1n) is 10.5. The monoisotopic (exact) mass is 372 g/mol. The van der Waals surface area contributed by atoms with Gasteiger partial charge in [-0.25, -0.2) is 0 Å². The van der Waals surface area contributed by atoms with Crippen LogP contribution in [0.25, 0.3) is 11.1 Å². The lowest BCUT2D eigenvalue weighted by molar-refractivity contribution is 0.196. The highest BCUT2D eigenvalue weighted by molar-refractivity contribution is 5.65. The van der Waals surface area contributed by atoms with Crippen molar-refractivity contribution >= 4 is 5.69 Å². The smallest absolute Gasteiger partial charge is 0.0565 e. The van der Waals surface area contributed by atoms with Crippen molar-refractivity contribution in [3.8, 4) is 11.1 Å². The maximum absolute atomic E-state index is 4.04. The number of aromatic amines is 1. The van der Waals surface area contributed by atoms with Crippen molar-refractivity contribution in [2.45, 2.75) is 25.8 Å². The van der Waals surface area contributed by atoms with Crippen LogP contribution in [0.3, 0.4) is 0 Å². The van der Waals surface area contributed by atoms with E-state index in [1.807, 2.05) is 12.4 Å². The Morgan fingerprint density at radius 3 is 2.43 bits per heavy atom. The van der Waals surface area contributed by atoms with Gasteiger partial charge in [0.25, 0.3) is 0 Å². The zero-order valence-electron chi connectivity index (χ0n) is 16.3. The first-order valence-corrected chi connectivity index (χ1v) is 10.5. The molecule has 4 heteroatoms. The van der Waals surface area contributed by atoms with E-state index in [1.165, 1.54) is 62.3 Å². The summed E-state index contributed by atoms with van der Waals surface area (Å²) in [6, 6.07) is 17.9. The Bertz CT molecular complexity index is 893. The number of nitrogens with one attached hydrogen (secondary N) is 1. The van der Waals surface area contributed by atoms with Crippen LogP contribution in [0.2, 0.25) is 0 Å². The van der Waals surface area contributed by atoms with E-state index >= 15 is 0 Å². The molecule has 0 spiro atoms. The topological polar surface area (TPSA) is 35.2 Å². The minimum Gasteiger partial charge on any atom is -0.372 e. The molecule has 3 aromatic rings. The Hall–Kier alpha value is -2.59. The summed E-state index contributed by atoms with van der Waals surface area (Å²) in [6.07, 6.45) is 7.61. The van der Waals surface area contributed by atoms with Crippen LogP contribution in [-0.2, 0) is 13.0 Å². The summed E-state index contributed by atoms with van der Waals surface area (Å²) in [4.78, 5) is 5.21. The lowest BCUT2D eigenvalue weighted by Gasteiger charge is -2.37. The van der Waals surface area contributed by atoms with Crippen molar-refractivity contribution in [2.75, 3.05) is 31.1 Å². The number of hydrogen-bond donors (Lipinski definition) is 1. The molecule has 0 atom stereocenters. The van der Waals surface area contributed by atoms with E-state index in [4.69, 9.17) is 0 Å². The fourth-order valence-electron chi connectivity index (χ4n) is 4.72. The lowest BCUT2D eigenvalue weighted by Crippen LogP contribution is -2.40. The van der Waals surface area contributed by atoms with Gasteiger partial charge in [-0.3, -0.25) is 10.00 Å². The number of hydrogen-bond acceptors (Lipinski definition) is 3. The van der Waals surface area contributed by atoms with Gasteiger partial charge in [0.1, 0.15) is 0 Å². The summed E-state index contributed by atoms with van der Waals surface area (Å²) in [5.74, 6) is 0.826. The van der Waals surface area contributed by atoms with Crippen molar-refractivity contribution in [3.63, 3.8) is 0 Å². The molecule has 1 saturated heterocycles. The van der Waals surface area contributed by atoms with Crippen molar-refractivity contribution in [1.29, 1.82) is 0 Å². The van der Waals surface area contributed by atoms with Crippen molar-refractivity contribution in [1.82, 2.24) is 15.1 Å². The van der Waals surface area contributed by atoms with Crippen LogP contribution in [0.1, 0.15) is 24.0 Å². The number of aromatic nitrogens is 2. The fraction of sp³-hybridized carbons (Fsp3) is 0.375. The predicted octanol–water partition coefficient (Wildman–Crippen LogP) is 4.35. The molecule has 0 bridgehead atoms. The molecule has 1 fully saturated rings. The third-order valence-corrected chi connectivity index (χ3v) is 6.40. The number of nitrogens with zero attached hydrogens (tertiary/aromatic N) is 3. The summed E-state index contributed by atoms with van der Waals surface area (Å²) in [5, 5.41) is 6.93. The van der Waals surface area contributed by atoms with Crippen LogP contribution in [0.15, 0.2) is 60.9 Å². The molecule has 5 rings (SSSR count). The van der Waals surface area contributed by atoms with Gasteiger partial charge in [0, 0.05) is 50.2 Å². The quantitative estimate of drug-likeness (QED) is 0.739. The summed E-state index contributed by atoms with van der Waals surface area (Å²) < 4.78 is 0. The summed E-state index contributed by atoms with van der Waals surface area (Å²) >= 11 is 0. The standard InChI is InChI=1S/C24H28N4/c1-2-4-22-18-27(12-11-20(22)3-1)17-19-9-13-28(14-10-19)24-7-5-21(6-8-24)23-15-25-26-16-23/h1-8,15-16,19H,9-14,17-18H2,(H,25,26). The van der Waals surface area contributed by atoms with E-state index in [1.54, 1.807) is 5.56 Å². The number of benzene rings is 2. The molecule has 4 nitrogen and oxygen atoms in total. The predicted molar refractivity (Wildman–Crippen MR) is 114 cm³/mol. The van der Waals surface area contributed by atoms with E-state index in [0.29, 0.717) is 0 Å². The maximum atomic E-state index is 4.04. The Morgan fingerprint density at radius 2 is 1.68 bits per heavy atom. The minimum absolute atomic E-state index is 0.826. The van der Waals surface area contributed by atoms with Crippen molar-refractivity contribution < 1.29 is 0 Å². The Labute approximate surface area is 167 Å². The summed E-state index contributed by atoms with van der Waals surface area (Å²) in [5.41, 5.74) is 6.79. The highest BCUT2D eigenvalue weighted by Gasteiger charge is 2.23. The first kappa shape index (κ1) is 17.5. The molecule has 2 aromatic carbocycles. The average Bonchev–Trinajstić information content (AvgIpc) is 3.29. The van der Waals surface area contributed by atoms with Gasteiger partial charge in [0.05, 0.1) is 6.20 Å². The highest BCUT2D eigenvalue weighted by Crippen LogP contribution is 2.28. The molecule has 0 amide bonds. The van der Waals surface area contributed by atoms with Gasteiger partial charge in [-0.05, 0) is 54.0 Å². The van der Waals surface area contributed by atoms with Crippen LogP contribution in [-0.4, -0.2) is 41.3 Å². The van der Waals surface area contributed by atoms with Gasteiger partial charge >= 0.3 is 0 Å². The van der Waals surface area contributed by atoms with E-state index in [-0.39, 0.29) is 0 Å². The second kappa shape index (κ2) is 7.80. The molecule has 1 aromatic heterocycles. The van der Waals surface area contributed by atoms with Gasteiger partial charge in [0.2, 0.25) is 0 Å². The average molecular weight is 373 g/mol. The highest BCUT2D eigenvalue weighted by atomic mass is 15.2. The molecule has 0 aliphatic carbocycles. The maximum Gasteiger partial charge on any atom is 0.0565 e. The molecule has 28 heavy (non-hydrogen) atoms. The molecule has 0 radical (unpaired) electrons. The lowest BCUT2D eigenvalue weighted by atomic mass is 9.93. The molecule has 2 aliphatic heterocycles. The van der Waals surface area contributed by atoms with Gasteiger partial charge in [0.15, 0.2) is 0 Å². The third kappa shape index (κ3) is 3.69. The van der Waals surface area contributed by atoms with Crippen LogP contribution in [0.5, 0.6) is 0 Å². The molecular weight excluding hydrogens is 344 g/mol. The Morgan fingerprint density at radius 1 is 0.893 bits per heavy atom. The number of piperidine rings is 1. The van der Waals surface area contributed by atoms with Crippen LogP contribution in [0, 0.1) is 5.92 Å². The van der Waals surface area contributed by atoms with E-state index in [2.05, 4.69) is 68.5 Å². The molecule has 2 aliphatic rings. The number of anilines is 1. The largest absolute Gasteiger partial charge is 0.372 e. The first-order chi connectivity index (χ1) is 13.8. The molecular formula is C24H28N4. The minimum atomic E-state index is 0.826. The van der Waals surface area contributed by atoms with Crippen LogP contribution < -0.4 is 4.90 Å². The van der Waals surface area contributed by atoms with E-state index < -0.39 is 0 Å². The fourth-order valence-corrected chi connectivity index (χ4v) is 4.72. The normalized spacial score (nSPS) is 18.2. The number of rotatable bonds is 4. The van der Waals surface area contributed by atoms with Crippen molar-refractivity contribution in [3.05, 3.63) is 72.1 Å². The second-order valence-electron chi connectivity index (χ2n) is 8.22. The second-order valence-corrected chi connectivity index (χ2v) is 8.22. The molecule has 0 saturated carbocycles. The van der Waals surface area contributed by atoms with E-state index in [0.717, 1.165) is 18.0 Å². The van der Waals surface area contributed by atoms with Crippen LogP contribution in [0.4, 0.5) is 5.69 Å².